The van der Waals surface area contributed by atoms with Gasteiger partial charge in [-0.2, -0.15) is 0 Å². The van der Waals surface area contributed by atoms with E-state index < -0.39 is 5.91 Å². The molecule has 2 amide bonds. The Morgan fingerprint density at radius 3 is 2.18 bits per heavy atom. The number of carbonyl (C=O) groups is 2. The van der Waals surface area contributed by atoms with Gasteiger partial charge in [0.25, 0.3) is 5.91 Å². The van der Waals surface area contributed by atoms with Crippen molar-refractivity contribution < 1.29 is 9.59 Å². The zero-order chi connectivity index (χ0) is 22.8. The lowest BCUT2D eigenvalue weighted by molar-refractivity contribution is 0.0734. The number of hydrogen-bond donors (Lipinski definition) is 1. The first-order valence-corrected chi connectivity index (χ1v) is 12.2. The standard InChI is InChI=1S/C27H27N3O2S/c28-26(31)23-8-4-5-9-25(23)33-22-12-10-20(11-13-22)27(32)30(21-6-2-1-3-7-21)24-18-29-16-14-19(24)15-17-29/h1-13,19,24H,14-18H2,(H2,28,31)/t24-/m0/s1. The van der Waals surface area contributed by atoms with Gasteiger partial charge >= 0.3 is 0 Å². The van der Waals surface area contributed by atoms with Crippen LogP contribution in [0.5, 0.6) is 0 Å². The van der Waals surface area contributed by atoms with E-state index in [-0.39, 0.29) is 11.9 Å². The highest BCUT2D eigenvalue weighted by Gasteiger charge is 2.40. The summed E-state index contributed by atoms with van der Waals surface area (Å²) in [7, 11) is 0. The van der Waals surface area contributed by atoms with Crippen molar-refractivity contribution >= 4 is 29.3 Å². The van der Waals surface area contributed by atoms with Crippen LogP contribution in [0.4, 0.5) is 5.69 Å². The zero-order valence-corrected chi connectivity index (χ0v) is 19.2. The van der Waals surface area contributed by atoms with Gasteiger partial charge < -0.3 is 15.5 Å². The number of hydrogen-bond acceptors (Lipinski definition) is 4. The maximum Gasteiger partial charge on any atom is 0.258 e. The van der Waals surface area contributed by atoms with Crippen LogP contribution in [0.3, 0.4) is 0 Å². The summed E-state index contributed by atoms with van der Waals surface area (Å²) < 4.78 is 0. The van der Waals surface area contributed by atoms with Gasteiger partial charge in [0.05, 0.1) is 11.6 Å². The molecule has 0 saturated carbocycles. The van der Waals surface area contributed by atoms with Crippen LogP contribution in [0.2, 0.25) is 0 Å². The molecule has 2 N–H and O–H groups in total. The van der Waals surface area contributed by atoms with Gasteiger partial charge in [0, 0.05) is 27.6 Å². The number of anilines is 1. The van der Waals surface area contributed by atoms with Crippen LogP contribution in [0, 0.1) is 5.92 Å². The van der Waals surface area contributed by atoms with E-state index in [1.54, 1.807) is 12.1 Å². The average molecular weight is 458 g/mol. The minimum Gasteiger partial charge on any atom is -0.366 e. The molecule has 3 fully saturated rings. The first-order chi connectivity index (χ1) is 16.1. The molecule has 33 heavy (non-hydrogen) atoms. The first-order valence-electron chi connectivity index (χ1n) is 11.4. The molecule has 5 nitrogen and oxygen atoms in total. The van der Waals surface area contributed by atoms with Gasteiger partial charge in [0.2, 0.25) is 5.91 Å². The third kappa shape index (κ3) is 4.54. The van der Waals surface area contributed by atoms with E-state index in [4.69, 9.17) is 5.73 Å². The van der Waals surface area contributed by atoms with Crippen LogP contribution < -0.4 is 10.6 Å². The number of nitrogens with two attached hydrogens (primary N) is 1. The smallest absolute Gasteiger partial charge is 0.258 e. The van der Waals surface area contributed by atoms with E-state index in [1.165, 1.54) is 11.8 Å². The predicted octanol–water partition coefficient (Wildman–Crippen LogP) is 4.68. The molecular formula is C27H27N3O2S. The molecule has 6 rings (SSSR count). The van der Waals surface area contributed by atoms with Gasteiger partial charge in [0.15, 0.2) is 0 Å². The Bertz CT molecular complexity index is 1140. The third-order valence-corrected chi connectivity index (χ3v) is 7.77. The second-order valence-electron chi connectivity index (χ2n) is 8.70. The van der Waals surface area contributed by atoms with Crippen molar-refractivity contribution in [3.63, 3.8) is 0 Å². The fraction of sp³-hybridized carbons (Fsp3) is 0.259. The summed E-state index contributed by atoms with van der Waals surface area (Å²) in [6, 6.07) is 25.2. The third-order valence-electron chi connectivity index (χ3n) is 6.69. The highest BCUT2D eigenvalue weighted by molar-refractivity contribution is 7.99. The van der Waals surface area contributed by atoms with Crippen LogP contribution in [0.1, 0.15) is 33.6 Å². The first kappa shape index (κ1) is 21.7. The molecule has 0 radical (unpaired) electrons. The fourth-order valence-corrected chi connectivity index (χ4v) is 5.92. The zero-order valence-electron chi connectivity index (χ0n) is 18.4. The Kier molecular flexibility index (Phi) is 6.20. The van der Waals surface area contributed by atoms with Gasteiger partial charge in [-0.3, -0.25) is 9.59 Å². The van der Waals surface area contributed by atoms with Crippen LogP contribution >= 0.6 is 11.8 Å². The van der Waals surface area contributed by atoms with Gasteiger partial charge in [-0.15, -0.1) is 0 Å². The quantitative estimate of drug-likeness (QED) is 0.584. The summed E-state index contributed by atoms with van der Waals surface area (Å²) in [6.45, 7) is 3.20. The predicted molar refractivity (Wildman–Crippen MR) is 132 cm³/mol. The maximum atomic E-state index is 13.8. The summed E-state index contributed by atoms with van der Waals surface area (Å²) in [5, 5.41) is 0. The van der Waals surface area contributed by atoms with Crippen molar-refractivity contribution in [3.8, 4) is 0 Å². The van der Waals surface area contributed by atoms with Crippen LogP contribution in [-0.4, -0.2) is 42.4 Å². The fourth-order valence-electron chi connectivity index (χ4n) is 4.97. The Morgan fingerprint density at radius 2 is 1.55 bits per heavy atom. The molecule has 0 spiro atoms. The van der Waals surface area contributed by atoms with Gasteiger partial charge in [-0.1, -0.05) is 42.1 Å². The second kappa shape index (κ2) is 9.41. The molecule has 3 aromatic carbocycles. The lowest BCUT2D eigenvalue weighted by atomic mass is 9.82. The number of para-hydroxylation sites is 1. The van der Waals surface area contributed by atoms with E-state index in [0.29, 0.717) is 17.0 Å². The lowest BCUT2D eigenvalue weighted by Gasteiger charge is -2.49. The van der Waals surface area contributed by atoms with Crippen LogP contribution in [-0.2, 0) is 0 Å². The number of benzene rings is 3. The average Bonchev–Trinajstić information content (AvgIpc) is 2.86. The van der Waals surface area contributed by atoms with Crippen molar-refractivity contribution in [1.29, 1.82) is 0 Å². The number of carbonyl (C=O) groups excluding carboxylic acids is 2. The van der Waals surface area contributed by atoms with Crippen molar-refractivity contribution in [2.24, 2.45) is 11.7 Å². The lowest BCUT2D eigenvalue weighted by Crippen LogP contribution is -2.59. The molecule has 3 saturated heterocycles. The molecule has 0 aromatic heterocycles. The Labute approximate surface area is 198 Å². The number of primary amides is 1. The molecule has 0 unspecified atom stereocenters. The molecule has 3 aliphatic rings. The minimum atomic E-state index is -0.444. The van der Waals surface area contributed by atoms with Crippen molar-refractivity contribution in [2.45, 2.75) is 28.7 Å². The maximum absolute atomic E-state index is 13.8. The van der Waals surface area contributed by atoms with Crippen molar-refractivity contribution in [1.82, 2.24) is 4.90 Å². The highest BCUT2D eigenvalue weighted by Crippen LogP contribution is 2.35. The molecular weight excluding hydrogens is 430 g/mol. The molecule has 3 heterocycles. The van der Waals surface area contributed by atoms with Gasteiger partial charge in [-0.05, 0) is 80.4 Å². The second-order valence-corrected chi connectivity index (χ2v) is 9.82. The summed E-state index contributed by atoms with van der Waals surface area (Å²) in [5.41, 5.74) is 7.63. The largest absolute Gasteiger partial charge is 0.366 e. The van der Waals surface area contributed by atoms with Crippen LogP contribution in [0.25, 0.3) is 0 Å². The van der Waals surface area contributed by atoms with Crippen LogP contribution in [0.15, 0.2) is 88.7 Å². The molecule has 3 aromatic rings. The number of nitrogens with zero attached hydrogens (tertiary/aromatic N) is 2. The topological polar surface area (TPSA) is 66.6 Å². The molecule has 168 valence electrons. The monoisotopic (exact) mass is 457 g/mol. The van der Waals surface area contributed by atoms with E-state index in [2.05, 4.69) is 4.90 Å². The van der Waals surface area contributed by atoms with E-state index in [1.807, 2.05) is 71.6 Å². The molecule has 1 atom stereocenters. The summed E-state index contributed by atoms with van der Waals surface area (Å²) >= 11 is 1.47. The Balaban J connectivity index is 1.40. The highest BCUT2D eigenvalue weighted by atomic mass is 32.2. The van der Waals surface area contributed by atoms with E-state index in [9.17, 15) is 9.59 Å². The Morgan fingerprint density at radius 1 is 0.879 bits per heavy atom. The van der Waals surface area contributed by atoms with Gasteiger partial charge in [0.1, 0.15) is 0 Å². The molecule has 0 aliphatic carbocycles. The SMILES string of the molecule is NC(=O)c1ccccc1Sc1ccc(C(=O)N(c2ccccc2)[C@H]2CN3CCC2CC3)cc1. The summed E-state index contributed by atoms with van der Waals surface area (Å²) in [6.07, 6.45) is 2.30. The summed E-state index contributed by atoms with van der Waals surface area (Å²) in [4.78, 5) is 31.7. The van der Waals surface area contributed by atoms with Crippen molar-refractivity contribution in [3.05, 3.63) is 90.0 Å². The molecule has 3 aliphatic heterocycles. The van der Waals surface area contributed by atoms with Gasteiger partial charge in [-0.25, -0.2) is 0 Å². The van der Waals surface area contributed by atoms with Crippen molar-refractivity contribution in [2.75, 3.05) is 24.5 Å². The number of amides is 2. The van der Waals surface area contributed by atoms with E-state index >= 15 is 0 Å². The minimum absolute atomic E-state index is 0.0361. The number of fused-ring (bicyclic) bond motifs is 3. The molecule has 6 heteroatoms. The molecule has 2 bridgehead atoms. The number of piperidine rings is 3. The summed E-state index contributed by atoms with van der Waals surface area (Å²) in [5.74, 6) is 0.134. The number of rotatable bonds is 6. The Hall–Kier alpha value is -3.09. The normalized spacial score (nSPS) is 21.5. The van der Waals surface area contributed by atoms with E-state index in [0.717, 1.165) is 48.0 Å².